The maximum Gasteiger partial charge on any atom is 0.325 e. The van der Waals surface area contributed by atoms with Gasteiger partial charge in [-0.05, 0) is 55.6 Å². The number of anilines is 1. The molecule has 0 aromatic heterocycles. The molecule has 36 heavy (non-hydrogen) atoms. The smallest absolute Gasteiger partial charge is 0.325 e. The standard InChI is InChI=1S/C26H34N4O6/c1-16-11-25(2,3)14-26(12-16)23(33)30(24(34)28-26)13-21(31)29-8-6-17(7-9-29)22(32)27-18-4-5-19-20(10-18)36-15-35-19/h4-5,10,16-17H,6-9,11-15H2,1-3H3,(H,27,32)(H,28,34)/t16-,26+/m1/s1. The van der Waals surface area contributed by atoms with Crippen molar-refractivity contribution in [1.29, 1.82) is 0 Å². The summed E-state index contributed by atoms with van der Waals surface area (Å²) in [6.07, 6.45) is 3.18. The van der Waals surface area contributed by atoms with Crippen LogP contribution < -0.4 is 20.1 Å². The van der Waals surface area contributed by atoms with Gasteiger partial charge in [-0.1, -0.05) is 20.8 Å². The molecule has 3 heterocycles. The summed E-state index contributed by atoms with van der Waals surface area (Å²) >= 11 is 0. The van der Waals surface area contributed by atoms with E-state index in [9.17, 15) is 19.2 Å². The Bertz CT molecular complexity index is 1100. The maximum atomic E-state index is 13.3. The number of amides is 5. The number of nitrogens with one attached hydrogen (secondary N) is 2. The number of hydrogen-bond acceptors (Lipinski definition) is 6. The van der Waals surface area contributed by atoms with E-state index in [-0.39, 0.29) is 42.4 Å². The molecular formula is C26H34N4O6. The maximum absolute atomic E-state index is 13.3. The number of fused-ring (bicyclic) bond motifs is 1. The van der Waals surface area contributed by atoms with E-state index < -0.39 is 11.6 Å². The van der Waals surface area contributed by atoms with Crippen LogP contribution in [0.5, 0.6) is 11.5 Å². The van der Waals surface area contributed by atoms with Crippen LogP contribution in [0.3, 0.4) is 0 Å². The fourth-order valence-electron chi connectivity index (χ4n) is 6.49. The molecule has 1 aromatic rings. The summed E-state index contributed by atoms with van der Waals surface area (Å²) in [5.74, 6) is 0.652. The zero-order valence-electron chi connectivity index (χ0n) is 21.1. The van der Waals surface area contributed by atoms with Gasteiger partial charge in [-0.2, -0.15) is 0 Å². The quantitative estimate of drug-likeness (QED) is 0.617. The van der Waals surface area contributed by atoms with Gasteiger partial charge >= 0.3 is 6.03 Å². The molecule has 2 N–H and O–H groups in total. The van der Waals surface area contributed by atoms with Crippen molar-refractivity contribution in [1.82, 2.24) is 15.1 Å². The number of ether oxygens (including phenoxy) is 2. The van der Waals surface area contributed by atoms with E-state index in [0.29, 0.717) is 61.9 Å². The fraction of sp³-hybridized carbons (Fsp3) is 0.615. The highest BCUT2D eigenvalue weighted by Crippen LogP contribution is 2.46. The van der Waals surface area contributed by atoms with E-state index in [2.05, 4.69) is 31.4 Å². The van der Waals surface area contributed by atoms with Crippen molar-refractivity contribution in [2.75, 3.05) is 31.7 Å². The predicted molar refractivity (Wildman–Crippen MR) is 130 cm³/mol. The molecule has 194 valence electrons. The van der Waals surface area contributed by atoms with Gasteiger partial charge in [0.1, 0.15) is 12.1 Å². The lowest BCUT2D eigenvalue weighted by Gasteiger charge is -2.43. The molecule has 5 rings (SSSR count). The van der Waals surface area contributed by atoms with Gasteiger partial charge in [-0.25, -0.2) is 4.79 Å². The normalized spacial score (nSPS) is 27.4. The summed E-state index contributed by atoms with van der Waals surface area (Å²) in [7, 11) is 0. The van der Waals surface area contributed by atoms with Crippen LogP contribution in [0.4, 0.5) is 10.5 Å². The van der Waals surface area contributed by atoms with E-state index in [1.54, 1.807) is 23.1 Å². The number of nitrogens with zero attached hydrogens (tertiary/aromatic N) is 2. The van der Waals surface area contributed by atoms with Gasteiger partial charge < -0.3 is 25.0 Å². The molecule has 1 spiro atoms. The Hall–Kier alpha value is -3.30. The molecule has 0 unspecified atom stereocenters. The summed E-state index contributed by atoms with van der Waals surface area (Å²) in [6.45, 7) is 7.03. The number of hydrogen-bond donors (Lipinski definition) is 2. The largest absolute Gasteiger partial charge is 0.454 e. The molecule has 1 aromatic carbocycles. The molecule has 0 radical (unpaired) electrons. The second-order valence-corrected chi connectivity index (χ2v) is 11.5. The number of carbonyl (C=O) groups excluding carboxylic acids is 4. The molecule has 2 atom stereocenters. The number of urea groups is 1. The van der Waals surface area contributed by atoms with Crippen LogP contribution in [0.25, 0.3) is 0 Å². The molecule has 10 nitrogen and oxygen atoms in total. The topological polar surface area (TPSA) is 117 Å². The van der Waals surface area contributed by atoms with Gasteiger partial charge in [-0.3, -0.25) is 19.3 Å². The van der Waals surface area contributed by atoms with E-state index in [0.717, 1.165) is 11.3 Å². The van der Waals surface area contributed by atoms with Crippen LogP contribution in [0.1, 0.15) is 52.9 Å². The molecule has 3 fully saturated rings. The Morgan fingerprint density at radius 3 is 2.56 bits per heavy atom. The Labute approximate surface area is 210 Å². The third-order valence-electron chi connectivity index (χ3n) is 7.78. The molecule has 5 amide bonds. The van der Waals surface area contributed by atoms with Gasteiger partial charge in [0, 0.05) is 30.8 Å². The van der Waals surface area contributed by atoms with Gasteiger partial charge in [0.15, 0.2) is 11.5 Å². The van der Waals surface area contributed by atoms with Crippen LogP contribution in [0.2, 0.25) is 0 Å². The molecule has 1 aliphatic carbocycles. The minimum atomic E-state index is -0.918. The molecule has 1 saturated carbocycles. The van der Waals surface area contributed by atoms with E-state index >= 15 is 0 Å². The van der Waals surface area contributed by atoms with Crippen molar-refractivity contribution < 1.29 is 28.7 Å². The van der Waals surface area contributed by atoms with Gasteiger partial charge in [0.2, 0.25) is 18.6 Å². The van der Waals surface area contributed by atoms with Gasteiger partial charge in [0.25, 0.3) is 5.91 Å². The summed E-state index contributed by atoms with van der Waals surface area (Å²) in [6, 6.07) is 4.77. The minimum Gasteiger partial charge on any atom is -0.454 e. The van der Waals surface area contributed by atoms with Crippen molar-refractivity contribution in [3.8, 4) is 11.5 Å². The Morgan fingerprint density at radius 2 is 1.83 bits per heavy atom. The zero-order chi connectivity index (χ0) is 25.7. The molecule has 4 aliphatic rings. The first-order valence-electron chi connectivity index (χ1n) is 12.7. The second-order valence-electron chi connectivity index (χ2n) is 11.5. The highest BCUT2D eigenvalue weighted by Gasteiger charge is 2.56. The summed E-state index contributed by atoms with van der Waals surface area (Å²) in [4.78, 5) is 54.6. The number of benzene rings is 1. The number of rotatable bonds is 4. The van der Waals surface area contributed by atoms with Crippen LogP contribution in [-0.2, 0) is 14.4 Å². The third-order valence-corrected chi connectivity index (χ3v) is 7.78. The number of piperidine rings is 1. The first-order valence-corrected chi connectivity index (χ1v) is 12.7. The molecular weight excluding hydrogens is 464 g/mol. The van der Waals surface area contributed by atoms with Crippen molar-refractivity contribution in [2.24, 2.45) is 17.3 Å². The van der Waals surface area contributed by atoms with E-state index in [1.807, 2.05) is 0 Å². The van der Waals surface area contributed by atoms with Crippen LogP contribution in [0, 0.1) is 17.3 Å². The van der Waals surface area contributed by atoms with E-state index in [4.69, 9.17) is 9.47 Å². The van der Waals surface area contributed by atoms with Crippen LogP contribution in [0.15, 0.2) is 18.2 Å². The second kappa shape index (κ2) is 8.97. The Balaban J connectivity index is 1.14. The lowest BCUT2D eigenvalue weighted by Crippen LogP contribution is -2.54. The highest BCUT2D eigenvalue weighted by atomic mass is 16.7. The summed E-state index contributed by atoms with van der Waals surface area (Å²) in [5.41, 5.74) is -0.349. The number of likely N-dealkylation sites (tertiary alicyclic amines) is 1. The minimum absolute atomic E-state index is 0.0658. The highest BCUT2D eigenvalue weighted by molar-refractivity contribution is 6.09. The van der Waals surface area contributed by atoms with Crippen molar-refractivity contribution in [3.63, 3.8) is 0 Å². The van der Waals surface area contributed by atoms with Gasteiger partial charge in [0.05, 0.1) is 0 Å². The monoisotopic (exact) mass is 498 g/mol. The van der Waals surface area contributed by atoms with Crippen LogP contribution in [-0.4, -0.2) is 65.5 Å². The molecule has 0 bridgehead atoms. The summed E-state index contributed by atoms with van der Waals surface area (Å²) in [5, 5.41) is 5.84. The molecule has 3 aliphatic heterocycles. The van der Waals surface area contributed by atoms with Crippen molar-refractivity contribution >= 4 is 29.4 Å². The Kier molecular flexibility index (Phi) is 6.08. The van der Waals surface area contributed by atoms with Crippen molar-refractivity contribution in [2.45, 2.75) is 58.4 Å². The average molecular weight is 499 g/mol. The summed E-state index contributed by atoms with van der Waals surface area (Å²) < 4.78 is 10.6. The number of imide groups is 1. The lowest BCUT2D eigenvalue weighted by atomic mass is 9.64. The Morgan fingerprint density at radius 1 is 1.11 bits per heavy atom. The first-order chi connectivity index (χ1) is 17.1. The third kappa shape index (κ3) is 4.60. The fourth-order valence-corrected chi connectivity index (χ4v) is 6.49. The molecule has 10 heteroatoms. The predicted octanol–water partition coefficient (Wildman–Crippen LogP) is 2.73. The average Bonchev–Trinajstić information content (AvgIpc) is 3.35. The SMILES string of the molecule is C[C@@H]1CC(C)(C)C[C@]2(C1)NC(=O)N(CC(=O)N1CCC(C(=O)Nc3ccc4c(c3)OCO4)CC1)C2=O. The van der Waals surface area contributed by atoms with Crippen molar-refractivity contribution in [3.05, 3.63) is 18.2 Å². The lowest BCUT2D eigenvalue weighted by molar-refractivity contribution is -0.141. The van der Waals surface area contributed by atoms with E-state index in [1.165, 1.54) is 0 Å². The van der Waals surface area contributed by atoms with Gasteiger partial charge in [-0.15, -0.1) is 0 Å². The first kappa shape index (κ1) is 24.4. The molecule has 2 saturated heterocycles. The zero-order valence-corrected chi connectivity index (χ0v) is 21.1. The number of carbonyl (C=O) groups is 4. The van der Waals surface area contributed by atoms with Crippen LogP contribution >= 0.6 is 0 Å².